The quantitative estimate of drug-likeness (QED) is 0.571. The molecule has 1 fully saturated rings. The van der Waals surface area contributed by atoms with Gasteiger partial charge in [0.15, 0.2) is 6.29 Å². The third-order valence-electron chi connectivity index (χ3n) is 5.25. The minimum Gasteiger partial charge on any atom is -0.465 e. The van der Waals surface area contributed by atoms with Gasteiger partial charge in [-0.25, -0.2) is 0 Å². The summed E-state index contributed by atoms with van der Waals surface area (Å²) in [5.74, 6) is 1.78. The molecule has 0 saturated heterocycles. The van der Waals surface area contributed by atoms with Crippen molar-refractivity contribution >= 4 is 10.8 Å². The molecule has 0 aromatic heterocycles. The Hall–Kier alpha value is -1.54. The summed E-state index contributed by atoms with van der Waals surface area (Å²) in [7, 11) is 0. The molecule has 130 valence electrons. The number of aryl methyl sites for hydroxylation is 1. The van der Waals surface area contributed by atoms with Gasteiger partial charge in [-0.2, -0.15) is 0 Å². The van der Waals surface area contributed by atoms with E-state index in [2.05, 4.69) is 43.3 Å². The highest BCUT2D eigenvalue weighted by atomic mass is 16.7. The zero-order valence-electron chi connectivity index (χ0n) is 15.1. The van der Waals surface area contributed by atoms with Crippen LogP contribution in [0.3, 0.4) is 0 Å². The molecule has 2 aromatic carbocycles. The minimum absolute atomic E-state index is 0.204. The first-order valence-corrected chi connectivity index (χ1v) is 9.56. The number of hydrogen-bond acceptors (Lipinski definition) is 2. The number of ether oxygens (including phenoxy) is 2. The van der Waals surface area contributed by atoms with E-state index in [9.17, 15) is 0 Å². The molecular formula is C22H30O2. The fourth-order valence-corrected chi connectivity index (χ4v) is 3.83. The average Bonchev–Trinajstić information content (AvgIpc) is 2.63. The van der Waals surface area contributed by atoms with E-state index in [0.29, 0.717) is 0 Å². The van der Waals surface area contributed by atoms with Crippen molar-refractivity contribution in [2.45, 2.75) is 65.1 Å². The van der Waals surface area contributed by atoms with E-state index >= 15 is 0 Å². The van der Waals surface area contributed by atoms with Gasteiger partial charge in [0.05, 0.1) is 6.61 Å². The molecule has 2 heteroatoms. The third kappa shape index (κ3) is 4.30. The average molecular weight is 326 g/mol. The van der Waals surface area contributed by atoms with Crippen molar-refractivity contribution in [1.82, 2.24) is 0 Å². The van der Waals surface area contributed by atoms with Gasteiger partial charge in [-0.15, -0.1) is 0 Å². The van der Waals surface area contributed by atoms with Gasteiger partial charge in [-0.05, 0) is 42.7 Å². The predicted molar refractivity (Wildman–Crippen MR) is 101 cm³/mol. The number of rotatable bonds is 7. The lowest BCUT2D eigenvalue weighted by atomic mass is 9.87. The number of hydrogen-bond donors (Lipinski definition) is 0. The van der Waals surface area contributed by atoms with Crippen molar-refractivity contribution < 1.29 is 9.47 Å². The van der Waals surface area contributed by atoms with Crippen LogP contribution in [-0.4, -0.2) is 12.9 Å². The molecule has 1 atom stereocenters. The Labute approximate surface area is 146 Å². The van der Waals surface area contributed by atoms with Gasteiger partial charge in [-0.1, -0.05) is 69.4 Å². The van der Waals surface area contributed by atoms with E-state index < -0.39 is 0 Å². The monoisotopic (exact) mass is 326 g/mol. The van der Waals surface area contributed by atoms with Gasteiger partial charge in [0.1, 0.15) is 5.75 Å². The van der Waals surface area contributed by atoms with Gasteiger partial charge < -0.3 is 9.47 Å². The maximum Gasteiger partial charge on any atom is 0.197 e. The summed E-state index contributed by atoms with van der Waals surface area (Å²) in [5.41, 5.74) is 1.36. The van der Waals surface area contributed by atoms with E-state index in [0.717, 1.165) is 24.7 Å². The first kappa shape index (κ1) is 17.3. The lowest BCUT2D eigenvalue weighted by molar-refractivity contribution is -0.0703. The zero-order valence-corrected chi connectivity index (χ0v) is 15.1. The second-order valence-electron chi connectivity index (χ2n) is 6.97. The first-order chi connectivity index (χ1) is 11.8. The van der Waals surface area contributed by atoms with Crippen LogP contribution in [0.15, 0.2) is 36.4 Å². The van der Waals surface area contributed by atoms with Crippen LogP contribution in [0.1, 0.15) is 57.9 Å². The van der Waals surface area contributed by atoms with Crippen LogP contribution in [0.25, 0.3) is 10.8 Å². The highest BCUT2D eigenvalue weighted by molar-refractivity contribution is 5.91. The fraction of sp³-hybridized carbons (Fsp3) is 0.545. The van der Waals surface area contributed by atoms with Crippen LogP contribution in [0.4, 0.5) is 0 Å². The van der Waals surface area contributed by atoms with Crippen LogP contribution in [0.2, 0.25) is 0 Å². The maximum atomic E-state index is 6.09. The highest BCUT2D eigenvalue weighted by Gasteiger charge is 2.14. The predicted octanol–water partition coefficient (Wildman–Crippen LogP) is 6.11. The summed E-state index contributed by atoms with van der Waals surface area (Å²) in [5, 5.41) is 2.46. The first-order valence-electron chi connectivity index (χ1n) is 9.56. The van der Waals surface area contributed by atoms with Crippen molar-refractivity contribution in [2.24, 2.45) is 5.92 Å². The standard InChI is InChI=1S/C22H30O2/c1-3-19-13-14-22(21-12-8-7-11-20(19)21)24-17(2)23-16-15-18-9-5-4-6-10-18/h7-8,11-14,17-18H,3-6,9-10,15-16H2,1-2H3. The SMILES string of the molecule is CCc1ccc(OC(C)OCCC2CCCCC2)c2ccccc12. The Morgan fingerprint density at radius 1 is 1.00 bits per heavy atom. The van der Waals surface area contributed by atoms with Crippen molar-refractivity contribution in [1.29, 1.82) is 0 Å². The molecule has 0 bridgehead atoms. The van der Waals surface area contributed by atoms with E-state index in [1.807, 2.05) is 6.92 Å². The van der Waals surface area contributed by atoms with Gasteiger partial charge in [0.25, 0.3) is 0 Å². The number of fused-ring (bicyclic) bond motifs is 1. The summed E-state index contributed by atoms with van der Waals surface area (Å²) < 4.78 is 12.0. The molecule has 0 spiro atoms. The number of benzene rings is 2. The minimum atomic E-state index is -0.204. The van der Waals surface area contributed by atoms with E-state index in [1.165, 1.54) is 54.9 Å². The normalized spacial score (nSPS) is 17.1. The molecule has 0 amide bonds. The van der Waals surface area contributed by atoms with Crippen LogP contribution >= 0.6 is 0 Å². The summed E-state index contributed by atoms with van der Waals surface area (Å²) in [6.07, 6.45) is 8.96. The van der Waals surface area contributed by atoms with Crippen molar-refractivity contribution in [2.75, 3.05) is 6.61 Å². The van der Waals surface area contributed by atoms with Crippen molar-refractivity contribution in [3.8, 4) is 5.75 Å². The summed E-state index contributed by atoms with van der Waals surface area (Å²) in [6, 6.07) is 12.7. The van der Waals surface area contributed by atoms with E-state index in [4.69, 9.17) is 9.47 Å². The van der Waals surface area contributed by atoms with Crippen molar-refractivity contribution in [3.63, 3.8) is 0 Å². The second kappa shape index (κ2) is 8.53. The lowest BCUT2D eigenvalue weighted by Crippen LogP contribution is -2.19. The Morgan fingerprint density at radius 3 is 2.50 bits per heavy atom. The molecule has 0 radical (unpaired) electrons. The van der Waals surface area contributed by atoms with Crippen LogP contribution < -0.4 is 4.74 Å². The van der Waals surface area contributed by atoms with Crippen LogP contribution in [-0.2, 0) is 11.2 Å². The van der Waals surface area contributed by atoms with Gasteiger partial charge in [-0.3, -0.25) is 0 Å². The maximum absolute atomic E-state index is 6.09. The zero-order chi connectivity index (χ0) is 16.8. The molecular weight excluding hydrogens is 296 g/mol. The van der Waals surface area contributed by atoms with Crippen LogP contribution in [0.5, 0.6) is 5.75 Å². The van der Waals surface area contributed by atoms with Gasteiger partial charge in [0, 0.05) is 5.39 Å². The molecule has 0 aliphatic heterocycles. The largest absolute Gasteiger partial charge is 0.465 e. The molecule has 2 nitrogen and oxygen atoms in total. The van der Waals surface area contributed by atoms with E-state index in [-0.39, 0.29) is 6.29 Å². The highest BCUT2D eigenvalue weighted by Crippen LogP contribution is 2.30. The fourth-order valence-electron chi connectivity index (χ4n) is 3.83. The van der Waals surface area contributed by atoms with Crippen LogP contribution in [0, 0.1) is 5.92 Å². The molecule has 24 heavy (non-hydrogen) atoms. The molecule has 1 unspecified atom stereocenters. The Balaban J connectivity index is 1.58. The summed E-state index contributed by atoms with van der Waals surface area (Å²) in [6.45, 7) is 5.00. The van der Waals surface area contributed by atoms with E-state index in [1.54, 1.807) is 0 Å². The molecule has 2 aromatic rings. The second-order valence-corrected chi connectivity index (χ2v) is 6.97. The Kier molecular flexibility index (Phi) is 6.14. The third-order valence-corrected chi connectivity index (χ3v) is 5.25. The summed E-state index contributed by atoms with van der Waals surface area (Å²) >= 11 is 0. The van der Waals surface area contributed by atoms with Gasteiger partial charge >= 0.3 is 0 Å². The Morgan fingerprint density at radius 2 is 1.75 bits per heavy atom. The molecule has 1 aliphatic rings. The topological polar surface area (TPSA) is 18.5 Å². The summed E-state index contributed by atoms with van der Waals surface area (Å²) in [4.78, 5) is 0. The lowest BCUT2D eigenvalue weighted by Gasteiger charge is -2.23. The molecule has 1 saturated carbocycles. The van der Waals surface area contributed by atoms with Gasteiger partial charge in [0.2, 0.25) is 0 Å². The van der Waals surface area contributed by atoms with Crippen molar-refractivity contribution in [3.05, 3.63) is 42.0 Å². The smallest absolute Gasteiger partial charge is 0.197 e. The molecule has 3 rings (SSSR count). The Bertz CT molecular complexity index is 643. The molecule has 0 N–H and O–H groups in total. The molecule has 0 heterocycles. The molecule has 1 aliphatic carbocycles.